The number of aryl methyl sites for hydroxylation is 1. The topological polar surface area (TPSA) is 86.9 Å². The van der Waals surface area contributed by atoms with Crippen LogP contribution in [0.3, 0.4) is 0 Å². The Balaban J connectivity index is 1.67. The van der Waals surface area contributed by atoms with Gasteiger partial charge in [0.25, 0.3) is 0 Å². The molecule has 4 aromatic rings. The average molecular weight is 390 g/mol. The summed E-state index contributed by atoms with van der Waals surface area (Å²) in [5.74, 6) is 0.605. The Bertz CT molecular complexity index is 1190. The number of nitrogens with one attached hydrogen (secondary N) is 1. The average Bonchev–Trinajstić information content (AvgIpc) is 3.30. The van der Waals surface area contributed by atoms with Crippen LogP contribution in [0.4, 0.5) is 16.3 Å². The second-order valence-corrected chi connectivity index (χ2v) is 7.70. The third kappa shape index (κ3) is 3.82. The van der Waals surface area contributed by atoms with Gasteiger partial charge in [-0.2, -0.15) is 5.10 Å². The fourth-order valence-corrected chi connectivity index (χ4v) is 3.03. The molecule has 0 saturated carbocycles. The zero-order chi connectivity index (χ0) is 20.6. The van der Waals surface area contributed by atoms with E-state index in [1.807, 2.05) is 58.2 Å². The molecule has 8 heteroatoms. The minimum Gasteiger partial charge on any atom is -0.443 e. The Labute approximate surface area is 168 Å². The summed E-state index contributed by atoms with van der Waals surface area (Å²) >= 11 is 0. The van der Waals surface area contributed by atoms with Crippen molar-refractivity contribution in [3.05, 3.63) is 55.0 Å². The normalized spacial score (nSPS) is 11.6. The predicted molar refractivity (Wildman–Crippen MR) is 111 cm³/mol. The van der Waals surface area contributed by atoms with E-state index in [1.54, 1.807) is 29.3 Å². The van der Waals surface area contributed by atoms with E-state index in [0.717, 1.165) is 22.2 Å². The van der Waals surface area contributed by atoms with E-state index in [4.69, 9.17) is 4.74 Å². The number of carbonyl (C=O) groups is 1. The molecule has 0 radical (unpaired) electrons. The number of hydrogen-bond donors (Lipinski definition) is 1. The van der Waals surface area contributed by atoms with Crippen molar-refractivity contribution in [2.75, 3.05) is 5.32 Å². The minimum atomic E-state index is -0.557. The highest BCUT2D eigenvalue weighted by atomic mass is 16.6. The molecule has 8 nitrogen and oxygen atoms in total. The molecule has 29 heavy (non-hydrogen) atoms. The molecule has 3 heterocycles. The van der Waals surface area contributed by atoms with E-state index < -0.39 is 11.7 Å². The highest BCUT2D eigenvalue weighted by Crippen LogP contribution is 2.30. The number of anilines is 2. The molecule has 0 spiro atoms. The summed E-state index contributed by atoms with van der Waals surface area (Å²) < 4.78 is 8.55. The molecular weight excluding hydrogens is 368 g/mol. The Morgan fingerprint density at radius 1 is 1.07 bits per heavy atom. The van der Waals surface area contributed by atoms with Gasteiger partial charge in [0.2, 0.25) is 0 Å². The molecule has 3 aromatic heterocycles. The van der Waals surface area contributed by atoms with Gasteiger partial charge in [0.15, 0.2) is 5.82 Å². The SMILES string of the molecule is Cn1nccc1-c1nnc(Nc2ccn(C(=O)OC(C)(C)C)c2)c2ccccc12. The lowest BCUT2D eigenvalue weighted by molar-refractivity contribution is 0.0537. The number of nitrogens with zero attached hydrogens (tertiary/aromatic N) is 5. The first-order valence-electron chi connectivity index (χ1n) is 9.24. The van der Waals surface area contributed by atoms with E-state index >= 15 is 0 Å². The van der Waals surface area contributed by atoms with Crippen molar-refractivity contribution in [2.45, 2.75) is 26.4 Å². The van der Waals surface area contributed by atoms with Gasteiger partial charge in [0.05, 0.1) is 11.4 Å². The molecule has 0 amide bonds. The minimum absolute atomic E-state index is 0.437. The van der Waals surface area contributed by atoms with E-state index in [9.17, 15) is 4.79 Å². The maximum atomic E-state index is 12.2. The van der Waals surface area contributed by atoms with E-state index in [2.05, 4.69) is 20.6 Å². The Morgan fingerprint density at radius 2 is 1.83 bits per heavy atom. The summed E-state index contributed by atoms with van der Waals surface area (Å²) in [4.78, 5) is 12.2. The molecule has 1 aromatic carbocycles. The molecule has 148 valence electrons. The molecule has 0 aliphatic heterocycles. The fourth-order valence-electron chi connectivity index (χ4n) is 3.03. The van der Waals surface area contributed by atoms with E-state index in [-0.39, 0.29) is 0 Å². The number of rotatable bonds is 3. The third-order valence-electron chi connectivity index (χ3n) is 4.31. The molecule has 4 rings (SSSR count). The van der Waals surface area contributed by atoms with Crippen molar-refractivity contribution >= 4 is 28.4 Å². The van der Waals surface area contributed by atoms with Crippen molar-refractivity contribution in [1.29, 1.82) is 0 Å². The summed E-state index contributed by atoms with van der Waals surface area (Å²) in [6.07, 6.45) is 4.61. The van der Waals surface area contributed by atoms with Gasteiger partial charge in [-0.3, -0.25) is 9.25 Å². The van der Waals surface area contributed by atoms with Crippen LogP contribution in [0.1, 0.15) is 20.8 Å². The van der Waals surface area contributed by atoms with Crippen LogP contribution in [0.25, 0.3) is 22.2 Å². The zero-order valence-corrected chi connectivity index (χ0v) is 16.7. The quantitative estimate of drug-likeness (QED) is 0.559. The van der Waals surface area contributed by atoms with Crippen LogP contribution in [0.15, 0.2) is 55.0 Å². The lowest BCUT2D eigenvalue weighted by Gasteiger charge is -2.19. The Hall–Kier alpha value is -3.68. The van der Waals surface area contributed by atoms with Gasteiger partial charge in [0, 0.05) is 36.4 Å². The third-order valence-corrected chi connectivity index (χ3v) is 4.31. The monoisotopic (exact) mass is 390 g/mol. The second-order valence-electron chi connectivity index (χ2n) is 7.70. The largest absolute Gasteiger partial charge is 0.443 e. The standard InChI is InChI=1S/C21H22N6O2/c1-21(2,3)29-20(28)27-12-10-14(13-27)23-19-16-8-6-5-7-15(16)18(24-25-19)17-9-11-22-26(17)4/h5-13H,1-4H3,(H,23,25). The fraction of sp³-hybridized carbons (Fsp3) is 0.238. The molecular formula is C21H22N6O2. The molecule has 0 fully saturated rings. The molecule has 1 N–H and O–H groups in total. The lowest BCUT2D eigenvalue weighted by atomic mass is 10.1. The first kappa shape index (κ1) is 18.7. The Kier molecular flexibility index (Phi) is 4.54. The number of hydrogen-bond acceptors (Lipinski definition) is 6. The molecule has 0 unspecified atom stereocenters. The summed E-state index contributed by atoms with van der Waals surface area (Å²) in [6.45, 7) is 5.50. The maximum absolute atomic E-state index is 12.2. The molecule has 0 saturated heterocycles. The van der Waals surface area contributed by atoms with E-state index in [1.165, 1.54) is 4.57 Å². The molecule has 0 bridgehead atoms. The van der Waals surface area contributed by atoms with Crippen LogP contribution in [0.5, 0.6) is 0 Å². The Morgan fingerprint density at radius 3 is 2.52 bits per heavy atom. The first-order chi connectivity index (χ1) is 13.8. The number of fused-ring (bicyclic) bond motifs is 1. The van der Waals surface area contributed by atoms with Gasteiger partial charge in [-0.25, -0.2) is 4.79 Å². The summed E-state index contributed by atoms with van der Waals surface area (Å²) in [5, 5.41) is 18.2. The molecule has 0 aliphatic carbocycles. The van der Waals surface area contributed by atoms with Crippen molar-refractivity contribution < 1.29 is 9.53 Å². The van der Waals surface area contributed by atoms with Crippen LogP contribution in [-0.2, 0) is 11.8 Å². The number of ether oxygens (including phenoxy) is 1. The second kappa shape index (κ2) is 7.05. The first-order valence-corrected chi connectivity index (χ1v) is 9.24. The molecule has 0 aliphatic rings. The van der Waals surface area contributed by atoms with E-state index in [0.29, 0.717) is 11.5 Å². The number of carbonyl (C=O) groups excluding carboxylic acids is 1. The summed E-state index contributed by atoms with van der Waals surface area (Å²) in [7, 11) is 1.87. The van der Waals surface area contributed by atoms with Crippen LogP contribution in [-0.4, -0.2) is 36.2 Å². The van der Waals surface area contributed by atoms with Gasteiger partial charge in [0.1, 0.15) is 11.3 Å². The van der Waals surface area contributed by atoms with Gasteiger partial charge in [-0.15, -0.1) is 10.2 Å². The van der Waals surface area contributed by atoms with Crippen LogP contribution in [0, 0.1) is 0 Å². The highest BCUT2D eigenvalue weighted by Gasteiger charge is 2.18. The van der Waals surface area contributed by atoms with Gasteiger partial charge in [-0.05, 0) is 32.9 Å². The van der Waals surface area contributed by atoms with Crippen molar-refractivity contribution in [3.63, 3.8) is 0 Å². The van der Waals surface area contributed by atoms with Crippen molar-refractivity contribution in [3.8, 4) is 11.4 Å². The predicted octanol–water partition coefficient (Wildman–Crippen LogP) is 4.36. The zero-order valence-electron chi connectivity index (χ0n) is 16.7. The van der Waals surface area contributed by atoms with Crippen LogP contribution < -0.4 is 5.32 Å². The van der Waals surface area contributed by atoms with Gasteiger partial charge >= 0.3 is 6.09 Å². The van der Waals surface area contributed by atoms with Crippen LogP contribution in [0.2, 0.25) is 0 Å². The van der Waals surface area contributed by atoms with Gasteiger partial charge < -0.3 is 10.1 Å². The highest BCUT2D eigenvalue weighted by molar-refractivity contribution is 6.00. The summed E-state index contributed by atoms with van der Waals surface area (Å²) in [6, 6.07) is 11.6. The maximum Gasteiger partial charge on any atom is 0.418 e. The van der Waals surface area contributed by atoms with Gasteiger partial charge in [-0.1, -0.05) is 24.3 Å². The smallest absolute Gasteiger partial charge is 0.418 e. The lowest BCUT2D eigenvalue weighted by Crippen LogP contribution is -2.26. The number of aromatic nitrogens is 5. The number of benzene rings is 1. The van der Waals surface area contributed by atoms with Crippen molar-refractivity contribution in [1.82, 2.24) is 24.5 Å². The molecule has 0 atom stereocenters. The van der Waals surface area contributed by atoms with Crippen LogP contribution >= 0.6 is 0 Å². The summed E-state index contributed by atoms with van der Waals surface area (Å²) in [5.41, 5.74) is 1.80. The van der Waals surface area contributed by atoms with Crippen molar-refractivity contribution in [2.24, 2.45) is 7.05 Å².